The van der Waals surface area contributed by atoms with E-state index in [0.717, 1.165) is 11.9 Å². The molecule has 6 heteroatoms. The molecule has 1 aliphatic rings. The van der Waals surface area contributed by atoms with Crippen molar-refractivity contribution in [3.05, 3.63) is 22.4 Å². The van der Waals surface area contributed by atoms with Crippen molar-refractivity contribution in [3.63, 3.8) is 0 Å². The van der Waals surface area contributed by atoms with Gasteiger partial charge in [0.15, 0.2) is 0 Å². The zero-order valence-electron chi connectivity index (χ0n) is 10.0. The summed E-state index contributed by atoms with van der Waals surface area (Å²) >= 11 is 12.0. The lowest BCUT2D eigenvalue weighted by Gasteiger charge is -2.38. The maximum Gasteiger partial charge on any atom is 0.496 e. The van der Waals surface area contributed by atoms with Crippen molar-refractivity contribution in [3.8, 4) is 0 Å². The van der Waals surface area contributed by atoms with Crippen molar-refractivity contribution >= 4 is 35.8 Å². The molecule has 17 heavy (non-hydrogen) atoms. The second-order valence-electron chi connectivity index (χ2n) is 4.87. The largest absolute Gasteiger partial charge is 0.496 e. The zero-order valence-corrected chi connectivity index (χ0v) is 11.5. The standard InChI is InChI=1S/C11H14BCl2NO2/c1-7-6-11(2,3)17-12(16-7)8-4-5-15-10(14)9(8)13/h4-5,7H,6H2,1-3H3. The van der Waals surface area contributed by atoms with Gasteiger partial charge in [0.1, 0.15) is 5.15 Å². The molecule has 1 aromatic rings. The average molecular weight is 274 g/mol. The van der Waals surface area contributed by atoms with Crippen LogP contribution in [-0.2, 0) is 9.31 Å². The summed E-state index contributed by atoms with van der Waals surface area (Å²) in [5.41, 5.74) is 0.493. The Balaban J connectivity index is 2.30. The van der Waals surface area contributed by atoms with Crippen LogP contribution in [0.25, 0.3) is 0 Å². The summed E-state index contributed by atoms with van der Waals surface area (Å²) in [6, 6.07) is 1.77. The van der Waals surface area contributed by atoms with Gasteiger partial charge in [-0.1, -0.05) is 23.2 Å². The number of nitrogens with zero attached hydrogens (tertiary/aromatic N) is 1. The Morgan fingerprint density at radius 2 is 2.18 bits per heavy atom. The highest BCUT2D eigenvalue weighted by Gasteiger charge is 2.39. The first kappa shape index (κ1) is 13.2. The SMILES string of the molecule is CC1CC(C)(C)OB(c2ccnc(Cl)c2Cl)O1. The molecule has 1 aromatic heterocycles. The predicted molar refractivity (Wildman–Crippen MR) is 70.0 cm³/mol. The average Bonchev–Trinajstić information content (AvgIpc) is 2.19. The molecule has 1 saturated heterocycles. The summed E-state index contributed by atoms with van der Waals surface area (Å²) in [4.78, 5) is 3.91. The second-order valence-corrected chi connectivity index (χ2v) is 5.60. The Bertz CT molecular complexity index is 428. The number of halogens is 2. The van der Waals surface area contributed by atoms with Crippen molar-refractivity contribution in [2.45, 2.75) is 38.9 Å². The van der Waals surface area contributed by atoms with Gasteiger partial charge in [0.2, 0.25) is 0 Å². The van der Waals surface area contributed by atoms with Crippen molar-refractivity contribution in [1.29, 1.82) is 0 Å². The molecule has 2 heterocycles. The minimum absolute atomic E-state index is 0.117. The van der Waals surface area contributed by atoms with E-state index in [4.69, 9.17) is 32.5 Å². The molecule has 1 fully saturated rings. The summed E-state index contributed by atoms with van der Waals surface area (Å²) in [6.07, 6.45) is 2.56. The third-order valence-electron chi connectivity index (χ3n) is 2.69. The van der Waals surface area contributed by atoms with Crippen molar-refractivity contribution < 1.29 is 9.31 Å². The van der Waals surface area contributed by atoms with Crippen molar-refractivity contribution in [2.24, 2.45) is 0 Å². The van der Waals surface area contributed by atoms with Crippen molar-refractivity contribution in [1.82, 2.24) is 4.98 Å². The molecule has 1 aliphatic heterocycles. The Kier molecular flexibility index (Phi) is 3.69. The molecule has 0 aromatic carbocycles. The lowest BCUT2D eigenvalue weighted by atomic mass is 9.75. The van der Waals surface area contributed by atoms with Crippen LogP contribution in [0.2, 0.25) is 10.2 Å². The van der Waals surface area contributed by atoms with Gasteiger partial charge < -0.3 is 9.31 Å². The molecule has 0 spiro atoms. The molecule has 1 atom stereocenters. The Morgan fingerprint density at radius 1 is 1.47 bits per heavy atom. The number of pyridine rings is 1. The molecule has 0 aliphatic carbocycles. The van der Waals surface area contributed by atoms with E-state index in [2.05, 4.69) is 4.98 Å². The zero-order chi connectivity index (χ0) is 12.6. The van der Waals surface area contributed by atoms with Crippen LogP contribution in [0.15, 0.2) is 12.3 Å². The number of rotatable bonds is 1. The molecule has 0 N–H and O–H groups in total. The summed E-state index contributed by atoms with van der Waals surface area (Å²) in [5, 5.41) is 0.663. The molecule has 0 saturated carbocycles. The van der Waals surface area contributed by atoms with E-state index in [1.165, 1.54) is 0 Å². The summed E-state index contributed by atoms with van der Waals surface area (Å²) in [5.74, 6) is 0. The fourth-order valence-electron chi connectivity index (χ4n) is 2.07. The second kappa shape index (κ2) is 4.77. The first-order chi connectivity index (χ1) is 7.89. The van der Waals surface area contributed by atoms with Gasteiger partial charge in [-0.05, 0) is 33.3 Å². The highest BCUT2D eigenvalue weighted by atomic mass is 35.5. The molecular weight excluding hydrogens is 260 g/mol. The maximum absolute atomic E-state index is 6.11. The van der Waals surface area contributed by atoms with Gasteiger partial charge in [-0.25, -0.2) is 4.98 Å². The van der Waals surface area contributed by atoms with Gasteiger partial charge in [-0.15, -0.1) is 0 Å². The number of aromatic nitrogens is 1. The fourth-order valence-corrected chi connectivity index (χ4v) is 2.43. The van der Waals surface area contributed by atoms with Crippen LogP contribution in [0.1, 0.15) is 27.2 Å². The molecule has 0 radical (unpaired) electrons. The van der Waals surface area contributed by atoms with E-state index in [0.29, 0.717) is 5.02 Å². The first-order valence-corrected chi connectivity index (χ1v) is 6.28. The molecule has 2 rings (SSSR count). The quantitative estimate of drug-likeness (QED) is 0.582. The predicted octanol–water partition coefficient (Wildman–Crippen LogP) is 2.69. The molecule has 92 valence electrons. The Labute approximate surface area is 112 Å². The van der Waals surface area contributed by atoms with Crippen LogP contribution in [-0.4, -0.2) is 23.8 Å². The van der Waals surface area contributed by atoms with E-state index >= 15 is 0 Å². The molecule has 3 nitrogen and oxygen atoms in total. The summed E-state index contributed by atoms with van der Waals surface area (Å²) in [7, 11) is -0.484. The van der Waals surface area contributed by atoms with Crippen LogP contribution >= 0.6 is 23.2 Å². The number of hydrogen-bond donors (Lipinski definition) is 0. The minimum Gasteiger partial charge on any atom is -0.405 e. The summed E-state index contributed by atoms with van der Waals surface area (Å²) < 4.78 is 11.6. The van der Waals surface area contributed by atoms with Crippen LogP contribution in [0.5, 0.6) is 0 Å². The monoisotopic (exact) mass is 273 g/mol. The van der Waals surface area contributed by atoms with Crippen molar-refractivity contribution in [2.75, 3.05) is 0 Å². The van der Waals surface area contributed by atoms with E-state index < -0.39 is 7.12 Å². The van der Waals surface area contributed by atoms with Crippen LogP contribution < -0.4 is 5.46 Å². The molecular formula is C11H14BCl2NO2. The summed E-state index contributed by atoms with van der Waals surface area (Å²) in [6.45, 7) is 6.10. The lowest BCUT2D eigenvalue weighted by Crippen LogP contribution is -2.52. The highest BCUT2D eigenvalue weighted by Crippen LogP contribution is 2.27. The highest BCUT2D eigenvalue weighted by molar-refractivity contribution is 6.66. The molecule has 0 bridgehead atoms. The fraction of sp³-hybridized carbons (Fsp3) is 0.545. The normalized spacial score (nSPS) is 23.8. The van der Waals surface area contributed by atoms with Gasteiger partial charge in [-0.3, -0.25) is 0 Å². The smallest absolute Gasteiger partial charge is 0.405 e. The first-order valence-electron chi connectivity index (χ1n) is 5.52. The van der Waals surface area contributed by atoms with Crippen LogP contribution in [0, 0.1) is 0 Å². The molecule has 1 unspecified atom stereocenters. The maximum atomic E-state index is 6.11. The van der Waals surface area contributed by atoms with Crippen LogP contribution in [0.3, 0.4) is 0 Å². The Morgan fingerprint density at radius 3 is 2.82 bits per heavy atom. The van der Waals surface area contributed by atoms with Gasteiger partial charge in [0, 0.05) is 17.8 Å². The van der Waals surface area contributed by atoms with E-state index in [9.17, 15) is 0 Å². The van der Waals surface area contributed by atoms with Gasteiger partial charge in [0.25, 0.3) is 0 Å². The van der Waals surface area contributed by atoms with Crippen LogP contribution in [0.4, 0.5) is 0 Å². The topological polar surface area (TPSA) is 31.4 Å². The minimum atomic E-state index is -0.484. The van der Waals surface area contributed by atoms with E-state index in [-0.39, 0.29) is 16.9 Å². The molecule has 0 amide bonds. The van der Waals surface area contributed by atoms with Gasteiger partial charge in [-0.2, -0.15) is 0 Å². The third-order valence-corrected chi connectivity index (χ3v) is 3.47. The Hall–Kier alpha value is -0.285. The third kappa shape index (κ3) is 2.94. The number of hydrogen-bond acceptors (Lipinski definition) is 3. The lowest BCUT2D eigenvalue weighted by molar-refractivity contribution is -0.0229. The van der Waals surface area contributed by atoms with E-state index in [1.54, 1.807) is 12.3 Å². The van der Waals surface area contributed by atoms with E-state index in [1.807, 2.05) is 20.8 Å². The van der Waals surface area contributed by atoms with Gasteiger partial charge >= 0.3 is 7.12 Å². The van der Waals surface area contributed by atoms with Gasteiger partial charge in [0.05, 0.1) is 10.6 Å².